The average molecular weight is 482 g/mol. The van der Waals surface area contributed by atoms with E-state index < -0.39 is 0 Å². The predicted octanol–water partition coefficient (Wildman–Crippen LogP) is 4.43. The number of carbonyl (C=O) groups is 1. The van der Waals surface area contributed by atoms with Crippen LogP contribution in [0, 0.1) is 0 Å². The summed E-state index contributed by atoms with van der Waals surface area (Å²) in [6, 6.07) is 13.1. The number of ether oxygens (including phenoxy) is 3. The van der Waals surface area contributed by atoms with E-state index in [1.54, 1.807) is 25.2 Å². The van der Waals surface area contributed by atoms with Crippen LogP contribution >= 0.6 is 11.3 Å². The van der Waals surface area contributed by atoms with Crippen LogP contribution in [0.25, 0.3) is 21.2 Å². The molecule has 3 heterocycles. The lowest BCUT2D eigenvalue weighted by Gasteiger charge is -2.27. The van der Waals surface area contributed by atoms with Gasteiger partial charge in [0.1, 0.15) is 5.75 Å². The van der Waals surface area contributed by atoms with Gasteiger partial charge in [0.15, 0.2) is 22.2 Å². The highest BCUT2D eigenvalue weighted by Crippen LogP contribution is 2.34. The topological polar surface area (TPSA) is 77.3 Å². The molecule has 2 aromatic carbocycles. The maximum absolute atomic E-state index is 13.7. The van der Waals surface area contributed by atoms with E-state index in [-0.39, 0.29) is 11.7 Å². The fraction of sp³-hybridized carbons (Fsp3) is 0.360. The van der Waals surface area contributed by atoms with Gasteiger partial charge < -0.3 is 18.6 Å². The van der Waals surface area contributed by atoms with Gasteiger partial charge >= 0.3 is 0 Å². The third-order valence-electron chi connectivity index (χ3n) is 5.96. The molecule has 5 rings (SSSR count). The number of anilines is 1. The molecule has 1 amide bonds. The molecule has 4 aromatic rings. The molecule has 0 unspecified atom stereocenters. The number of hydrogen-bond donors (Lipinski definition) is 0. The van der Waals surface area contributed by atoms with Gasteiger partial charge in [-0.25, -0.2) is 4.98 Å². The summed E-state index contributed by atoms with van der Waals surface area (Å²) < 4.78 is 23.1. The van der Waals surface area contributed by atoms with Gasteiger partial charge in [-0.3, -0.25) is 14.6 Å². The highest BCUT2D eigenvalue weighted by molar-refractivity contribution is 7.22. The van der Waals surface area contributed by atoms with Gasteiger partial charge in [0, 0.05) is 31.6 Å². The summed E-state index contributed by atoms with van der Waals surface area (Å²) in [6.07, 6.45) is 0.814. The van der Waals surface area contributed by atoms with Crippen molar-refractivity contribution in [2.24, 2.45) is 0 Å². The van der Waals surface area contributed by atoms with Crippen LogP contribution in [0.1, 0.15) is 17.0 Å². The Bertz CT molecular complexity index is 1290. The van der Waals surface area contributed by atoms with Crippen molar-refractivity contribution in [2.45, 2.75) is 6.42 Å². The lowest BCUT2D eigenvalue weighted by molar-refractivity contribution is 0.0376. The number of nitrogens with zero attached hydrogens (tertiary/aromatic N) is 3. The first kappa shape index (κ1) is 22.6. The van der Waals surface area contributed by atoms with E-state index >= 15 is 0 Å². The van der Waals surface area contributed by atoms with Crippen LogP contribution in [0.4, 0.5) is 5.13 Å². The maximum atomic E-state index is 13.7. The number of morpholine rings is 1. The fourth-order valence-electron chi connectivity index (χ4n) is 4.13. The zero-order valence-electron chi connectivity index (χ0n) is 19.3. The Morgan fingerprint density at radius 2 is 2.00 bits per heavy atom. The Morgan fingerprint density at radius 1 is 1.15 bits per heavy atom. The number of amides is 1. The molecule has 1 saturated heterocycles. The quantitative estimate of drug-likeness (QED) is 0.368. The second-order valence-electron chi connectivity index (χ2n) is 8.08. The number of methoxy groups -OCH3 is 2. The molecule has 34 heavy (non-hydrogen) atoms. The molecule has 1 fully saturated rings. The molecule has 0 N–H and O–H groups in total. The zero-order valence-corrected chi connectivity index (χ0v) is 20.1. The van der Waals surface area contributed by atoms with Crippen molar-refractivity contribution in [3.05, 3.63) is 48.2 Å². The average Bonchev–Trinajstić information content (AvgIpc) is 3.50. The Balaban J connectivity index is 1.45. The first-order chi connectivity index (χ1) is 16.7. The summed E-state index contributed by atoms with van der Waals surface area (Å²) in [6.45, 7) is 4.75. The maximum Gasteiger partial charge on any atom is 0.295 e. The lowest BCUT2D eigenvalue weighted by Crippen LogP contribution is -2.39. The molecule has 0 aliphatic carbocycles. The van der Waals surface area contributed by atoms with Gasteiger partial charge in [0.2, 0.25) is 0 Å². The third-order valence-corrected chi connectivity index (χ3v) is 7.00. The number of hydrogen-bond acceptors (Lipinski definition) is 8. The summed E-state index contributed by atoms with van der Waals surface area (Å²) >= 11 is 1.47. The van der Waals surface area contributed by atoms with Gasteiger partial charge in [-0.1, -0.05) is 23.5 Å². The van der Waals surface area contributed by atoms with Gasteiger partial charge in [0.25, 0.3) is 5.91 Å². The molecule has 0 spiro atoms. The molecular weight excluding hydrogens is 454 g/mol. The molecule has 0 radical (unpaired) electrons. The number of thiazole rings is 1. The molecule has 1 aliphatic heterocycles. The van der Waals surface area contributed by atoms with Crippen molar-refractivity contribution in [1.82, 2.24) is 9.88 Å². The Labute approximate surface area is 201 Å². The predicted molar refractivity (Wildman–Crippen MR) is 132 cm³/mol. The number of fused-ring (bicyclic) bond motifs is 2. The van der Waals surface area contributed by atoms with Crippen LogP contribution in [-0.2, 0) is 4.74 Å². The van der Waals surface area contributed by atoms with E-state index in [4.69, 9.17) is 23.6 Å². The summed E-state index contributed by atoms with van der Waals surface area (Å²) in [5.41, 5.74) is 1.40. The van der Waals surface area contributed by atoms with Crippen molar-refractivity contribution < 1.29 is 23.4 Å². The number of carbonyl (C=O) groups excluding carboxylic acids is 1. The second-order valence-corrected chi connectivity index (χ2v) is 9.09. The van der Waals surface area contributed by atoms with Crippen LogP contribution in [0.15, 0.2) is 46.9 Å². The van der Waals surface area contributed by atoms with Crippen molar-refractivity contribution in [3.63, 3.8) is 0 Å². The molecule has 0 saturated carbocycles. The number of aromatic nitrogens is 1. The van der Waals surface area contributed by atoms with Crippen LogP contribution in [0.3, 0.4) is 0 Å². The van der Waals surface area contributed by atoms with Crippen LogP contribution in [0.5, 0.6) is 11.5 Å². The Hall–Kier alpha value is -3.14. The molecule has 1 aliphatic rings. The summed E-state index contributed by atoms with van der Waals surface area (Å²) in [7, 11) is 3.23. The molecule has 8 nitrogen and oxygen atoms in total. The lowest BCUT2D eigenvalue weighted by atomic mass is 10.2. The molecule has 0 atom stereocenters. The van der Waals surface area contributed by atoms with Crippen LogP contribution in [-0.4, -0.2) is 69.4 Å². The molecule has 0 bridgehead atoms. The minimum absolute atomic E-state index is 0.216. The summed E-state index contributed by atoms with van der Waals surface area (Å²) in [5, 5.41) is 1.47. The van der Waals surface area contributed by atoms with Gasteiger partial charge in [0.05, 0.1) is 37.6 Å². The van der Waals surface area contributed by atoms with E-state index in [1.165, 1.54) is 11.3 Å². The van der Waals surface area contributed by atoms with Crippen molar-refractivity contribution in [3.8, 4) is 11.5 Å². The van der Waals surface area contributed by atoms with Crippen molar-refractivity contribution in [2.75, 3.05) is 58.5 Å². The third kappa shape index (κ3) is 4.59. The van der Waals surface area contributed by atoms with Gasteiger partial charge in [-0.05, 0) is 36.8 Å². The first-order valence-corrected chi connectivity index (χ1v) is 12.1. The monoisotopic (exact) mass is 481 g/mol. The van der Waals surface area contributed by atoms with Crippen molar-refractivity contribution >= 4 is 43.6 Å². The first-order valence-electron chi connectivity index (χ1n) is 11.3. The number of rotatable bonds is 8. The number of para-hydroxylation sites is 1. The van der Waals surface area contributed by atoms with Gasteiger partial charge in [-0.15, -0.1) is 0 Å². The largest absolute Gasteiger partial charge is 0.497 e. The van der Waals surface area contributed by atoms with E-state index in [0.717, 1.165) is 60.6 Å². The summed E-state index contributed by atoms with van der Waals surface area (Å²) in [5.74, 6) is 1.41. The van der Waals surface area contributed by atoms with E-state index in [1.807, 2.05) is 36.4 Å². The van der Waals surface area contributed by atoms with E-state index in [2.05, 4.69) is 4.90 Å². The Morgan fingerprint density at radius 3 is 2.79 bits per heavy atom. The molecular formula is C25H27N3O5S. The minimum Gasteiger partial charge on any atom is -0.497 e. The smallest absolute Gasteiger partial charge is 0.295 e. The Kier molecular flexibility index (Phi) is 6.66. The second kappa shape index (κ2) is 10.0. The summed E-state index contributed by atoms with van der Waals surface area (Å²) in [4.78, 5) is 22.5. The standard InChI is InChI=1S/C25H27N3O5S/c1-30-18-7-8-19-22(16-18)34-25(26-19)28(10-4-9-27-11-13-32-14-12-27)24(29)21-15-17-5-3-6-20(31-2)23(17)33-21/h3,5-8,15-16H,4,9-14H2,1-2H3. The molecule has 178 valence electrons. The van der Waals surface area contributed by atoms with E-state index in [0.29, 0.717) is 23.0 Å². The van der Waals surface area contributed by atoms with Crippen LogP contribution < -0.4 is 14.4 Å². The highest BCUT2D eigenvalue weighted by Gasteiger charge is 2.25. The van der Waals surface area contributed by atoms with Gasteiger partial charge in [-0.2, -0.15) is 0 Å². The van der Waals surface area contributed by atoms with Crippen LogP contribution in [0.2, 0.25) is 0 Å². The fourth-order valence-corrected chi connectivity index (χ4v) is 5.15. The zero-order chi connectivity index (χ0) is 23.5. The van der Waals surface area contributed by atoms with Crippen molar-refractivity contribution in [1.29, 1.82) is 0 Å². The SMILES string of the molecule is COc1ccc2nc(N(CCCN3CCOCC3)C(=O)c3cc4cccc(OC)c4o3)sc2c1. The molecule has 9 heteroatoms. The normalized spacial score (nSPS) is 14.5. The number of furan rings is 1. The molecule has 2 aromatic heterocycles. The number of benzene rings is 2. The van der Waals surface area contributed by atoms with E-state index in [9.17, 15) is 4.79 Å². The minimum atomic E-state index is -0.216. The highest BCUT2D eigenvalue weighted by atomic mass is 32.1.